The summed E-state index contributed by atoms with van der Waals surface area (Å²) in [5.74, 6) is -0.327. The number of hydrogen-bond acceptors (Lipinski definition) is 4. The van der Waals surface area contributed by atoms with Crippen molar-refractivity contribution >= 4 is 21.9 Å². The predicted octanol–water partition coefficient (Wildman–Crippen LogP) is 1.86. The molecule has 0 heterocycles. The predicted molar refractivity (Wildman–Crippen MR) is 66.5 cm³/mol. The van der Waals surface area contributed by atoms with E-state index in [1.165, 1.54) is 14.2 Å². The maximum absolute atomic E-state index is 11.0. The van der Waals surface area contributed by atoms with Crippen LogP contribution in [0.4, 0.5) is 0 Å². The number of aliphatic carboxylic acids is 1. The van der Waals surface area contributed by atoms with Crippen molar-refractivity contribution in [1.29, 1.82) is 0 Å². The van der Waals surface area contributed by atoms with Gasteiger partial charge in [0.1, 0.15) is 6.04 Å². The summed E-state index contributed by atoms with van der Waals surface area (Å²) in [6, 6.07) is 0.558. The standard InChI is InChI=1S/C11H14BrNO4/c1-5-6(12)4-7(16-2)10(17-3)8(5)9(13)11(14)15/h4,9H,13H2,1-3H3,(H,14,15). The number of nitrogens with two attached hydrogens (primary N) is 1. The zero-order valence-corrected chi connectivity index (χ0v) is 11.4. The summed E-state index contributed by atoms with van der Waals surface area (Å²) in [6.07, 6.45) is 0. The van der Waals surface area contributed by atoms with Gasteiger partial charge in [-0.1, -0.05) is 15.9 Å². The Morgan fingerprint density at radius 3 is 2.47 bits per heavy atom. The van der Waals surface area contributed by atoms with Crippen molar-refractivity contribution in [1.82, 2.24) is 0 Å². The second kappa shape index (κ2) is 5.37. The van der Waals surface area contributed by atoms with Crippen LogP contribution in [0.3, 0.4) is 0 Å². The van der Waals surface area contributed by atoms with Crippen LogP contribution in [0, 0.1) is 6.92 Å². The molecule has 1 unspecified atom stereocenters. The Kier molecular flexibility index (Phi) is 4.36. The van der Waals surface area contributed by atoms with Crippen LogP contribution < -0.4 is 15.2 Å². The van der Waals surface area contributed by atoms with E-state index in [9.17, 15) is 4.79 Å². The quantitative estimate of drug-likeness (QED) is 0.887. The van der Waals surface area contributed by atoms with Crippen LogP contribution in [0.25, 0.3) is 0 Å². The fourth-order valence-electron chi connectivity index (χ4n) is 1.58. The second-order valence-corrected chi connectivity index (χ2v) is 4.30. The highest BCUT2D eigenvalue weighted by Crippen LogP contribution is 2.40. The monoisotopic (exact) mass is 303 g/mol. The van der Waals surface area contributed by atoms with Gasteiger partial charge in [-0.2, -0.15) is 0 Å². The Hall–Kier alpha value is -1.27. The first-order valence-corrected chi connectivity index (χ1v) is 5.62. The van der Waals surface area contributed by atoms with Crippen molar-refractivity contribution in [2.24, 2.45) is 5.73 Å². The lowest BCUT2D eigenvalue weighted by molar-refractivity contribution is -0.138. The highest BCUT2D eigenvalue weighted by molar-refractivity contribution is 9.10. The van der Waals surface area contributed by atoms with Crippen LogP contribution in [0.15, 0.2) is 10.5 Å². The highest BCUT2D eigenvalue weighted by atomic mass is 79.9. The largest absolute Gasteiger partial charge is 0.493 e. The molecule has 1 aromatic carbocycles. The minimum Gasteiger partial charge on any atom is -0.493 e. The van der Waals surface area contributed by atoms with Gasteiger partial charge in [-0.05, 0) is 18.6 Å². The number of hydrogen-bond donors (Lipinski definition) is 2. The molecule has 94 valence electrons. The van der Waals surface area contributed by atoms with E-state index in [4.69, 9.17) is 20.3 Å². The number of carboxylic acid groups (broad SMARTS) is 1. The van der Waals surface area contributed by atoms with Gasteiger partial charge < -0.3 is 20.3 Å². The fraction of sp³-hybridized carbons (Fsp3) is 0.364. The first kappa shape index (κ1) is 13.8. The molecule has 0 bridgehead atoms. The number of ether oxygens (including phenoxy) is 2. The van der Waals surface area contributed by atoms with Crippen LogP contribution in [0.1, 0.15) is 17.2 Å². The minimum absolute atomic E-state index is 0.350. The first-order chi connectivity index (χ1) is 7.93. The van der Waals surface area contributed by atoms with Gasteiger partial charge in [0.2, 0.25) is 0 Å². The van der Waals surface area contributed by atoms with E-state index in [0.717, 1.165) is 10.0 Å². The number of carboxylic acids is 1. The van der Waals surface area contributed by atoms with Crippen LogP contribution in [0.5, 0.6) is 11.5 Å². The number of halogens is 1. The summed E-state index contributed by atoms with van der Waals surface area (Å²) < 4.78 is 11.0. The Morgan fingerprint density at radius 2 is 2.06 bits per heavy atom. The summed E-state index contributed by atoms with van der Waals surface area (Å²) in [6.45, 7) is 1.77. The van der Waals surface area contributed by atoms with Gasteiger partial charge in [0.05, 0.1) is 14.2 Å². The maximum Gasteiger partial charge on any atom is 0.325 e. The molecule has 1 atom stereocenters. The number of rotatable bonds is 4. The smallest absolute Gasteiger partial charge is 0.325 e. The van der Waals surface area contributed by atoms with E-state index in [1.807, 2.05) is 0 Å². The average Bonchev–Trinajstić information content (AvgIpc) is 2.30. The molecule has 0 amide bonds. The van der Waals surface area contributed by atoms with Crippen molar-refractivity contribution in [3.05, 3.63) is 21.7 Å². The third-order valence-corrected chi connectivity index (χ3v) is 3.31. The van der Waals surface area contributed by atoms with E-state index in [-0.39, 0.29) is 0 Å². The van der Waals surface area contributed by atoms with Crippen molar-refractivity contribution in [3.8, 4) is 11.5 Å². The summed E-state index contributed by atoms with van der Waals surface area (Å²) >= 11 is 3.33. The highest BCUT2D eigenvalue weighted by Gasteiger charge is 2.25. The molecule has 0 saturated heterocycles. The maximum atomic E-state index is 11.0. The van der Waals surface area contributed by atoms with Gasteiger partial charge in [-0.3, -0.25) is 4.79 Å². The lowest BCUT2D eigenvalue weighted by Gasteiger charge is -2.19. The molecular weight excluding hydrogens is 290 g/mol. The number of carbonyl (C=O) groups is 1. The number of benzene rings is 1. The van der Waals surface area contributed by atoms with Crippen molar-refractivity contribution in [2.45, 2.75) is 13.0 Å². The van der Waals surface area contributed by atoms with Crippen LogP contribution in [-0.4, -0.2) is 25.3 Å². The summed E-state index contributed by atoms with van der Waals surface area (Å²) in [5, 5.41) is 9.00. The molecule has 17 heavy (non-hydrogen) atoms. The van der Waals surface area contributed by atoms with Crippen LogP contribution >= 0.6 is 15.9 Å². The normalized spacial score (nSPS) is 12.1. The van der Waals surface area contributed by atoms with Gasteiger partial charge in [0.15, 0.2) is 11.5 Å². The van der Waals surface area contributed by atoms with Crippen LogP contribution in [0.2, 0.25) is 0 Å². The van der Waals surface area contributed by atoms with E-state index < -0.39 is 12.0 Å². The third-order valence-electron chi connectivity index (χ3n) is 2.49. The van der Waals surface area contributed by atoms with Gasteiger partial charge in [0, 0.05) is 10.0 Å². The van der Waals surface area contributed by atoms with Gasteiger partial charge in [-0.15, -0.1) is 0 Å². The van der Waals surface area contributed by atoms with Crippen molar-refractivity contribution < 1.29 is 19.4 Å². The SMILES string of the molecule is COc1cc(Br)c(C)c(C(N)C(=O)O)c1OC. The Morgan fingerprint density at radius 1 is 1.47 bits per heavy atom. The van der Waals surface area contributed by atoms with Crippen LogP contribution in [-0.2, 0) is 4.79 Å². The molecule has 0 saturated carbocycles. The second-order valence-electron chi connectivity index (χ2n) is 3.45. The molecule has 5 nitrogen and oxygen atoms in total. The first-order valence-electron chi connectivity index (χ1n) is 4.83. The zero-order chi connectivity index (χ0) is 13.2. The lowest BCUT2D eigenvalue weighted by atomic mass is 10.00. The summed E-state index contributed by atoms with van der Waals surface area (Å²) in [5.41, 5.74) is 6.78. The Bertz CT molecular complexity index is 448. The van der Waals surface area contributed by atoms with E-state index >= 15 is 0 Å². The van der Waals surface area contributed by atoms with Crippen molar-refractivity contribution in [2.75, 3.05) is 14.2 Å². The Labute approximate surface area is 108 Å². The Balaban J connectivity index is 3.53. The van der Waals surface area contributed by atoms with E-state index in [2.05, 4.69) is 15.9 Å². The van der Waals surface area contributed by atoms with Gasteiger partial charge >= 0.3 is 5.97 Å². The van der Waals surface area contributed by atoms with E-state index in [0.29, 0.717) is 17.1 Å². The summed E-state index contributed by atoms with van der Waals surface area (Å²) in [4.78, 5) is 11.0. The third kappa shape index (κ3) is 2.53. The fourth-order valence-corrected chi connectivity index (χ4v) is 2.00. The lowest BCUT2D eigenvalue weighted by Crippen LogP contribution is -2.22. The topological polar surface area (TPSA) is 81.8 Å². The number of methoxy groups -OCH3 is 2. The molecule has 0 aliphatic rings. The molecule has 0 aromatic heterocycles. The molecule has 0 aliphatic carbocycles. The molecule has 0 radical (unpaired) electrons. The molecule has 0 fully saturated rings. The molecule has 0 aliphatic heterocycles. The zero-order valence-electron chi connectivity index (χ0n) is 9.78. The summed E-state index contributed by atoms with van der Waals surface area (Å²) in [7, 11) is 2.93. The molecule has 1 aromatic rings. The molecule has 6 heteroatoms. The van der Waals surface area contributed by atoms with Gasteiger partial charge in [0.25, 0.3) is 0 Å². The van der Waals surface area contributed by atoms with Crippen molar-refractivity contribution in [3.63, 3.8) is 0 Å². The van der Waals surface area contributed by atoms with Gasteiger partial charge in [-0.25, -0.2) is 0 Å². The molecule has 3 N–H and O–H groups in total. The molecule has 0 spiro atoms. The molecule has 1 rings (SSSR count). The average molecular weight is 304 g/mol. The van der Waals surface area contributed by atoms with E-state index in [1.54, 1.807) is 13.0 Å². The molecular formula is C11H14BrNO4. The minimum atomic E-state index is -1.16.